The van der Waals surface area contributed by atoms with Crippen molar-refractivity contribution >= 4 is 18.0 Å². The second kappa shape index (κ2) is 9.17. The number of hydrogen-bond acceptors (Lipinski definition) is 4. The van der Waals surface area contributed by atoms with E-state index >= 15 is 0 Å². The largest absolute Gasteiger partial charge is 0.344 e. The van der Waals surface area contributed by atoms with E-state index in [4.69, 9.17) is 0 Å². The van der Waals surface area contributed by atoms with E-state index in [1.165, 1.54) is 11.1 Å². The van der Waals surface area contributed by atoms with Crippen molar-refractivity contribution in [2.45, 2.75) is 34.2 Å². The smallest absolute Gasteiger partial charge is 0.329 e. The molecule has 0 bridgehead atoms. The van der Waals surface area contributed by atoms with E-state index < -0.39 is 11.8 Å². The third-order valence-electron chi connectivity index (χ3n) is 4.97. The molecule has 0 saturated heterocycles. The Morgan fingerprint density at radius 1 is 1.07 bits per heavy atom. The van der Waals surface area contributed by atoms with Crippen LogP contribution in [0.3, 0.4) is 0 Å². The van der Waals surface area contributed by atoms with Crippen LogP contribution in [0.25, 0.3) is 5.69 Å². The fourth-order valence-corrected chi connectivity index (χ4v) is 3.16. The summed E-state index contributed by atoms with van der Waals surface area (Å²) in [5, 5.41) is 6.48. The number of aromatic nitrogens is 2. The monoisotopic (exact) mass is 403 g/mol. The molecule has 0 radical (unpaired) electrons. The molecule has 0 atom stereocenters. The van der Waals surface area contributed by atoms with Gasteiger partial charge < -0.3 is 9.88 Å². The van der Waals surface area contributed by atoms with E-state index in [2.05, 4.69) is 57.4 Å². The average Bonchev–Trinajstić information content (AvgIpc) is 3.02. The van der Waals surface area contributed by atoms with Crippen molar-refractivity contribution in [3.8, 4) is 5.69 Å². The molecule has 0 aliphatic carbocycles. The topological polar surface area (TPSA) is 88.4 Å². The molecule has 30 heavy (non-hydrogen) atoms. The van der Waals surface area contributed by atoms with Gasteiger partial charge in [0.25, 0.3) is 0 Å². The molecule has 0 spiro atoms. The summed E-state index contributed by atoms with van der Waals surface area (Å²) in [6, 6.07) is 11.9. The van der Waals surface area contributed by atoms with Gasteiger partial charge in [-0.15, -0.1) is 0 Å². The molecule has 0 saturated carbocycles. The summed E-state index contributed by atoms with van der Waals surface area (Å²) in [5.41, 5.74) is 9.53. The molecule has 2 amide bonds. The van der Waals surface area contributed by atoms with Crippen LogP contribution in [0.15, 0.2) is 53.9 Å². The number of carbonyl (C=O) groups is 2. The van der Waals surface area contributed by atoms with Gasteiger partial charge in [-0.1, -0.05) is 12.1 Å². The highest BCUT2D eigenvalue weighted by atomic mass is 16.2. The summed E-state index contributed by atoms with van der Waals surface area (Å²) in [7, 11) is 0. The van der Waals surface area contributed by atoms with Crippen molar-refractivity contribution in [3.05, 3.63) is 82.4 Å². The van der Waals surface area contributed by atoms with Crippen LogP contribution >= 0.6 is 0 Å². The van der Waals surface area contributed by atoms with Gasteiger partial charge in [0.1, 0.15) is 0 Å². The second-order valence-corrected chi connectivity index (χ2v) is 7.17. The zero-order valence-corrected chi connectivity index (χ0v) is 17.6. The van der Waals surface area contributed by atoms with Gasteiger partial charge in [0.05, 0.1) is 6.21 Å². The van der Waals surface area contributed by atoms with Crippen LogP contribution in [0.1, 0.15) is 33.6 Å². The second-order valence-electron chi connectivity index (χ2n) is 7.17. The Labute approximate surface area is 175 Å². The summed E-state index contributed by atoms with van der Waals surface area (Å²) in [6.45, 7) is 8.41. The SMILES string of the molecule is Cc1ccc(-n2c(C)cc(/C=N\NC(=O)C(=O)NCc3cccnc3)c2C)cc1C. The molecule has 2 N–H and O–H groups in total. The normalized spacial score (nSPS) is 10.9. The highest BCUT2D eigenvalue weighted by Crippen LogP contribution is 2.21. The summed E-state index contributed by atoms with van der Waals surface area (Å²) >= 11 is 0. The first-order chi connectivity index (χ1) is 14.4. The number of pyridine rings is 1. The number of carbonyl (C=O) groups excluding carboxylic acids is 2. The Hall–Kier alpha value is -3.74. The van der Waals surface area contributed by atoms with E-state index in [1.807, 2.05) is 26.0 Å². The van der Waals surface area contributed by atoms with Crippen LogP contribution in [0.2, 0.25) is 0 Å². The highest BCUT2D eigenvalue weighted by Gasteiger charge is 2.13. The van der Waals surface area contributed by atoms with Crippen LogP contribution in [-0.4, -0.2) is 27.6 Å². The van der Waals surface area contributed by atoms with Gasteiger partial charge in [0.15, 0.2) is 0 Å². The molecular weight excluding hydrogens is 378 g/mol. The third-order valence-corrected chi connectivity index (χ3v) is 4.97. The maximum absolute atomic E-state index is 11.9. The molecule has 2 aromatic heterocycles. The minimum atomic E-state index is -0.821. The number of nitrogens with zero attached hydrogens (tertiary/aromatic N) is 3. The van der Waals surface area contributed by atoms with E-state index in [1.54, 1.807) is 24.7 Å². The molecule has 0 aliphatic heterocycles. The van der Waals surface area contributed by atoms with Crippen LogP contribution in [0.4, 0.5) is 0 Å². The number of hydrogen-bond donors (Lipinski definition) is 2. The van der Waals surface area contributed by atoms with Crippen molar-refractivity contribution < 1.29 is 9.59 Å². The molecule has 0 unspecified atom stereocenters. The first-order valence-corrected chi connectivity index (χ1v) is 9.63. The Kier molecular flexibility index (Phi) is 6.41. The minimum Gasteiger partial charge on any atom is -0.344 e. The van der Waals surface area contributed by atoms with Gasteiger partial charge in [-0.2, -0.15) is 5.10 Å². The Morgan fingerprint density at radius 2 is 1.87 bits per heavy atom. The Bertz CT molecular complexity index is 1100. The first-order valence-electron chi connectivity index (χ1n) is 9.63. The zero-order valence-electron chi connectivity index (χ0n) is 17.6. The van der Waals surface area contributed by atoms with Crippen molar-refractivity contribution in [1.82, 2.24) is 20.3 Å². The lowest BCUT2D eigenvalue weighted by atomic mass is 10.1. The fourth-order valence-electron chi connectivity index (χ4n) is 3.16. The summed E-state index contributed by atoms with van der Waals surface area (Å²) < 4.78 is 2.14. The molecule has 1 aromatic carbocycles. The minimum absolute atomic E-state index is 0.223. The first kappa shape index (κ1) is 21.0. The standard InChI is InChI=1S/C23H25N5O2/c1-15-7-8-21(10-16(15)2)28-17(3)11-20(18(28)4)14-26-27-23(30)22(29)25-13-19-6-5-9-24-12-19/h5-12,14H,13H2,1-4H3,(H,25,29)(H,27,30)/b26-14-. The molecule has 0 aliphatic rings. The van der Waals surface area contributed by atoms with Crippen molar-refractivity contribution in [2.24, 2.45) is 5.10 Å². The molecule has 2 heterocycles. The summed E-state index contributed by atoms with van der Waals surface area (Å²) in [6.07, 6.45) is 4.82. The molecule has 7 nitrogen and oxygen atoms in total. The summed E-state index contributed by atoms with van der Waals surface area (Å²) in [4.78, 5) is 27.8. The lowest BCUT2D eigenvalue weighted by Crippen LogP contribution is -2.37. The Morgan fingerprint density at radius 3 is 2.57 bits per heavy atom. The molecular formula is C23H25N5O2. The van der Waals surface area contributed by atoms with Crippen molar-refractivity contribution in [2.75, 3.05) is 0 Å². The molecule has 7 heteroatoms. The summed E-state index contributed by atoms with van der Waals surface area (Å²) in [5.74, 6) is -1.57. The van der Waals surface area contributed by atoms with Gasteiger partial charge in [0, 0.05) is 41.6 Å². The number of nitrogens with one attached hydrogen (secondary N) is 2. The molecule has 3 rings (SSSR count). The van der Waals surface area contributed by atoms with Crippen LogP contribution in [0.5, 0.6) is 0 Å². The number of hydrazone groups is 1. The van der Waals surface area contributed by atoms with E-state index in [-0.39, 0.29) is 6.54 Å². The molecule has 154 valence electrons. The van der Waals surface area contributed by atoms with Gasteiger partial charge in [-0.05, 0) is 68.7 Å². The van der Waals surface area contributed by atoms with E-state index in [9.17, 15) is 9.59 Å². The van der Waals surface area contributed by atoms with Gasteiger partial charge in [0.2, 0.25) is 0 Å². The lowest BCUT2D eigenvalue weighted by molar-refractivity contribution is -0.139. The van der Waals surface area contributed by atoms with Gasteiger partial charge >= 0.3 is 11.8 Å². The highest BCUT2D eigenvalue weighted by molar-refractivity contribution is 6.35. The zero-order chi connectivity index (χ0) is 21.7. The fraction of sp³-hybridized carbons (Fsp3) is 0.217. The van der Waals surface area contributed by atoms with Gasteiger partial charge in [-0.3, -0.25) is 14.6 Å². The quantitative estimate of drug-likeness (QED) is 0.390. The van der Waals surface area contributed by atoms with Crippen molar-refractivity contribution in [1.29, 1.82) is 0 Å². The number of benzene rings is 1. The van der Waals surface area contributed by atoms with E-state index in [0.29, 0.717) is 0 Å². The number of amides is 2. The van der Waals surface area contributed by atoms with Crippen molar-refractivity contribution in [3.63, 3.8) is 0 Å². The maximum Gasteiger partial charge on any atom is 0.329 e. The average molecular weight is 403 g/mol. The molecule has 0 fully saturated rings. The molecule has 3 aromatic rings. The predicted molar refractivity (Wildman–Crippen MR) is 117 cm³/mol. The lowest BCUT2D eigenvalue weighted by Gasteiger charge is -2.11. The van der Waals surface area contributed by atoms with Crippen LogP contribution in [0, 0.1) is 27.7 Å². The number of aryl methyl sites for hydroxylation is 3. The maximum atomic E-state index is 11.9. The third kappa shape index (κ3) is 4.81. The predicted octanol–water partition coefficient (Wildman–Crippen LogP) is 2.87. The van der Waals surface area contributed by atoms with Gasteiger partial charge in [-0.25, -0.2) is 5.43 Å². The van der Waals surface area contributed by atoms with Crippen LogP contribution in [-0.2, 0) is 16.1 Å². The van der Waals surface area contributed by atoms with E-state index in [0.717, 1.165) is 28.2 Å². The Balaban J connectivity index is 1.64. The number of rotatable bonds is 5. The van der Waals surface area contributed by atoms with Crippen LogP contribution < -0.4 is 10.7 Å².